The summed E-state index contributed by atoms with van der Waals surface area (Å²) in [5.41, 5.74) is 4.53. The lowest BCUT2D eigenvalue weighted by molar-refractivity contribution is 0.631. The van der Waals surface area contributed by atoms with Gasteiger partial charge in [0.2, 0.25) is 0 Å². The molecule has 1 heterocycles. The molecule has 28 heavy (non-hydrogen) atoms. The number of benzene rings is 1. The lowest BCUT2D eigenvalue weighted by Crippen LogP contribution is -2.28. The maximum atomic E-state index is 4.24. The van der Waals surface area contributed by atoms with Gasteiger partial charge in [0.25, 0.3) is 0 Å². The minimum atomic E-state index is 1.08. The Kier molecular flexibility index (Phi) is 12.8. The number of aromatic nitrogens is 2. The highest BCUT2D eigenvalue weighted by Crippen LogP contribution is 2.28. The normalized spacial score (nSPS) is 10.5. The average Bonchev–Trinajstić information content (AvgIpc) is 3.16. The molecule has 158 valence electrons. The summed E-state index contributed by atoms with van der Waals surface area (Å²) in [5.74, 6) is 0. The van der Waals surface area contributed by atoms with Gasteiger partial charge < -0.3 is 4.90 Å². The highest BCUT2D eigenvalue weighted by molar-refractivity contribution is 7.11. The number of nitrogens with zero attached hydrogens (tertiary/aromatic N) is 3. The zero-order chi connectivity index (χ0) is 20.8. The van der Waals surface area contributed by atoms with E-state index in [1.54, 1.807) is 11.3 Å². The van der Waals surface area contributed by atoms with Gasteiger partial charge in [0.1, 0.15) is 10.0 Å². The average molecular weight is 404 g/mol. The van der Waals surface area contributed by atoms with Gasteiger partial charge >= 0.3 is 0 Å². The monoisotopic (exact) mass is 403 g/mol. The Morgan fingerprint density at radius 3 is 2.04 bits per heavy atom. The molecule has 4 heteroatoms. The third-order valence-corrected chi connectivity index (χ3v) is 5.85. The Morgan fingerprint density at radius 1 is 0.857 bits per heavy atom. The van der Waals surface area contributed by atoms with Gasteiger partial charge in [0, 0.05) is 25.2 Å². The SMILES string of the molecule is CC.CCCCN(CCCCCc1nnc(C)s1)c1c(CC)cccc1CC. The van der Waals surface area contributed by atoms with E-state index < -0.39 is 0 Å². The van der Waals surface area contributed by atoms with Crippen LogP contribution in [0.2, 0.25) is 0 Å². The fourth-order valence-electron chi connectivity index (χ4n) is 3.50. The summed E-state index contributed by atoms with van der Waals surface area (Å²) in [5, 5.41) is 10.6. The number of para-hydroxylation sites is 1. The van der Waals surface area contributed by atoms with Gasteiger partial charge in [0.15, 0.2) is 0 Å². The predicted octanol–water partition coefficient (Wildman–Crippen LogP) is 7.02. The highest BCUT2D eigenvalue weighted by Gasteiger charge is 2.14. The van der Waals surface area contributed by atoms with Crippen LogP contribution >= 0.6 is 11.3 Å². The maximum absolute atomic E-state index is 4.24. The molecule has 0 bridgehead atoms. The third-order valence-electron chi connectivity index (χ3n) is 4.95. The molecule has 0 amide bonds. The van der Waals surface area contributed by atoms with Gasteiger partial charge in [-0.1, -0.05) is 65.7 Å². The number of aryl methyl sites for hydroxylation is 4. The van der Waals surface area contributed by atoms with Gasteiger partial charge in [0.05, 0.1) is 0 Å². The minimum Gasteiger partial charge on any atom is -0.371 e. The third kappa shape index (κ3) is 7.90. The molecule has 2 rings (SSSR count). The molecule has 3 nitrogen and oxygen atoms in total. The highest BCUT2D eigenvalue weighted by atomic mass is 32.1. The van der Waals surface area contributed by atoms with Gasteiger partial charge in [-0.25, -0.2) is 0 Å². The molecule has 0 atom stereocenters. The molecule has 1 aromatic carbocycles. The van der Waals surface area contributed by atoms with E-state index in [0.29, 0.717) is 0 Å². The van der Waals surface area contributed by atoms with Crippen molar-refractivity contribution in [3.8, 4) is 0 Å². The largest absolute Gasteiger partial charge is 0.371 e. The number of hydrogen-bond donors (Lipinski definition) is 0. The Hall–Kier alpha value is -1.42. The molecule has 1 aromatic heterocycles. The van der Waals surface area contributed by atoms with Crippen molar-refractivity contribution in [2.24, 2.45) is 0 Å². The summed E-state index contributed by atoms with van der Waals surface area (Å²) in [6.45, 7) is 15.2. The molecule has 0 fully saturated rings. The van der Waals surface area contributed by atoms with Crippen LogP contribution in [0.3, 0.4) is 0 Å². The summed E-state index contributed by atoms with van der Waals surface area (Å²) < 4.78 is 0. The van der Waals surface area contributed by atoms with Crippen LogP contribution in [0.4, 0.5) is 5.69 Å². The van der Waals surface area contributed by atoms with Crippen molar-refractivity contribution in [2.45, 2.75) is 92.9 Å². The van der Waals surface area contributed by atoms with Gasteiger partial charge in [-0.3, -0.25) is 0 Å². The summed E-state index contributed by atoms with van der Waals surface area (Å²) in [6, 6.07) is 6.85. The zero-order valence-electron chi connectivity index (χ0n) is 19.1. The van der Waals surface area contributed by atoms with Gasteiger partial charge in [-0.2, -0.15) is 0 Å². The van der Waals surface area contributed by atoms with Crippen molar-refractivity contribution in [3.05, 3.63) is 39.3 Å². The molecule has 0 N–H and O–H groups in total. The predicted molar refractivity (Wildman–Crippen MR) is 126 cm³/mol. The molecule has 0 radical (unpaired) electrons. The summed E-state index contributed by atoms with van der Waals surface area (Å²) >= 11 is 1.74. The summed E-state index contributed by atoms with van der Waals surface area (Å²) in [7, 11) is 0. The molecule has 2 aromatic rings. The molecule has 0 aliphatic carbocycles. The van der Waals surface area contributed by atoms with Gasteiger partial charge in [-0.05, 0) is 50.2 Å². The molecule has 0 saturated carbocycles. The van der Waals surface area contributed by atoms with Crippen LogP contribution < -0.4 is 4.90 Å². The van der Waals surface area contributed by atoms with Crippen molar-refractivity contribution >= 4 is 17.0 Å². The Bertz CT molecular complexity index is 629. The molecule has 0 spiro atoms. The van der Waals surface area contributed by atoms with Crippen molar-refractivity contribution in [2.75, 3.05) is 18.0 Å². The van der Waals surface area contributed by atoms with Crippen LogP contribution in [0, 0.1) is 6.92 Å². The minimum absolute atomic E-state index is 1.08. The fourth-order valence-corrected chi connectivity index (χ4v) is 4.25. The second kappa shape index (κ2) is 14.6. The molecule has 0 saturated heterocycles. The van der Waals surface area contributed by atoms with E-state index in [1.165, 1.54) is 67.0 Å². The van der Waals surface area contributed by atoms with Crippen LogP contribution in [0.5, 0.6) is 0 Å². The van der Waals surface area contributed by atoms with E-state index in [1.807, 2.05) is 20.8 Å². The maximum Gasteiger partial charge on any atom is 0.117 e. The van der Waals surface area contributed by atoms with E-state index in [2.05, 4.69) is 54.1 Å². The fraction of sp³-hybridized carbons (Fsp3) is 0.667. The number of unbranched alkanes of at least 4 members (excludes halogenated alkanes) is 3. The standard InChI is InChI=1S/C22H35N3S.C2H6/c1-5-8-16-25(22-19(6-2)13-12-14-20(22)7-3)17-11-9-10-15-21-24-23-18(4)26-21;1-2/h12-14H,5-11,15-17H2,1-4H3;1-2H3. The van der Waals surface area contributed by atoms with E-state index in [4.69, 9.17) is 0 Å². The number of hydrogen-bond acceptors (Lipinski definition) is 4. The first-order valence-electron chi connectivity index (χ1n) is 11.3. The second-order valence-electron chi connectivity index (χ2n) is 7.00. The molecular formula is C24H41N3S. The van der Waals surface area contributed by atoms with Crippen molar-refractivity contribution in [3.63, 3.8) is 0 Å². The molecular weight excluding hydrogens is 362 g/mol. The molecule has 0 unspecified atom stereocenters. The van der Waals surface area contributed by atoms with E-state index in [9.17, 15) is 0 Å². The van der Waals surface area contributed by atoms with E-state index >= 15 is 0 Å². The van der Waals surface area contributed by atoms with Crippen LogP contribution in [0.1, 0.15) is 87.9 Å². The van der Waals surface area contributed by atoms with Gasteiger partial charge in [-0.15, -0.1) is 21.5 Å². The Labute approximate surface area is 177 Å². The van der Waals surface area contributed by atoms with Crippen molar-refractivity contribution < 1.29 is 0 Å². The lowest BCUT2D eigenvalue weighted by atomic mass is 10.0. The molecule has 0 aliphatic heterocycles. The summed E-state index contributed by atoms with van der Waals surface area (Å²) in [6.07, 6.45) is 9.55. The van der Waals surface area contributed by atoms with Crippen molar-refractivity contribution in [1.29, 1.82) is 0 Å². The Morgan fingerprint density at radius 2 is 1.50 bits per heavy atom. The first-order valence-corrected chi connectivity index (χ1v) is 12.2. The van der Waals surface area contributed by atoms with Crippen LogP contribution in [0.15, 0.2) is 18.2 Å². The van der Waals surface area contributed by atoms with Crippen LogP contribution in [-0.2, 0) is 19.3 Å². The smallest absolute Gasteiger partial charge is 0.117 e. The second-order valence-corrected chi connectivity index (χ2v) is 8.26. The quantitative estimate of drug-likeness (QED) is 0.357. The van der Waals surface area contributed by atoms with Crippen molar-refractivity contribution in [1.82, 2.24) is 10.2 Å². The first-order chi connectivity index (χ1) is 13.7. The number of rotatable bonds is 12. The van der Waals surface area contributed by atoms with E-state index in [0.717, 1.165) is 24.3 Å². The Balaban J connectivity index is 0.00000190. The zero-order valence-corrected chi connectivity index (χ0v) is 19.9. The first kappa shape index (κ1) is 24.6. The van der Waals surface area contributed by atoms with Crippen LogP contribution in [0.25, 0.3) is 0 Å². The topological polar surface area (TPSA) is 29.0 Å². The summed E-state index contributed by atoms with van der Waals surface area (Å²) in [4.78, 5) is 2.66. The lowest BCUT2D eigenvalue weighted by Gasteiger charge is -2.29. The molecule has 0 aliphatic rings. The van der Waals surface area contributed by atoms with Crippen LogP contribution in [-0.4, -0.2) is 23.3 Å². The van der Waals surface area contributed by atoms with E-state index in [-0.39, 0.29) is 0 Å². The number of anilines is 1.